The lowest BCUT2D eigenvalue weighted by atomic mass is 10.1. The molecule has 2 N–H and O–H groups in total. The predicted octanol–water partition coefficient (Wildman–Crippen LogP) is 1.55. The molecule has 0 aromatic rings. The average molecular weight is 244 g/mol. The molecule has 0 aliphatic carbocycles. The fourth-order valence-electron chi connectivity index (χ4n) is 1.22. The molecule has 4 heteroatoms. The maximum Gasteiger partial charge on any atom is 0.221 e. The van der Waals surface area contributed by atoms with E-state index in [1.807, 2.05) is 0 Å². The van der Waals surface area contributed by atoms with Crippen molar-refractivity contribution < 1.29 is 9.53 Å². The fraction of sp³-hybridized carbons (Fsp3) is 0.923. The van der Waals surface area contributed by atoms with Crippen LogP contribution in [0.2, 0.25) is 0 Å². The van der Waals surface area contributed by atoms with Crippen molar-refractivity contribution in [3.05, 3.63) is 0 Å². The number of hydrogen-bond donors (Lipinski definition) is 2. The standard InChI is InChI=1S/C13H28N2O2/c1-11(2)10-15-12(16)6-8-14-9-7-13(3,4)17-5/h11,14H,6-10H2,1-5H3,(H,15,16). The van der Waals surface area contributed by atoms with Crippen LogP contribution in [0.5, 0.6) is 0 Å². The Bertz CT molecular complexity index is 215. The van der Waals surface area contributed by atoms with Gasteiger partial charge in [0.15, 0.2) is 0 Å². The first kappa shape index (κ1) is 16.4. The summed E-state index contributed by atoms with van der Waals surface area (Å²) in [6.07, 6.45) is 1.48. The minimum absolute atomic E-state index is 0.0904. The Labute approximate surface area is 105 Å². The first-order valence-electron chi connectivity index (χ1n) is 6.40. The molecule has 0 radical (unpaired) electrons. The van der Waals surface area contributed by atoms with E-state index in [9.17, 15) is 4.79 Å². The van der Waals surface area contributed by atoms with Gasteiger partial charge in [-0.2, -0.15) is 0 Å². The third-order valence-electron chi connectivity index (χ3n) is 2.69. The number of hydrogen-bond acceptors (Lipinski definition) is 3. The summed E-state index contributed by atoms with van der Waals surface area (Å²) in [6.45, 7) is 10.7. The molecule has 0 aliphatic rings. The van der Waals surface area contributed by atoms with E-state index < -0.39 is 0 Å². The van der Waals surface area contributed by atoms with E-state index in [1.165, 1.54) is 0 Å². The largest absolute Gasteiger partial charge is 0.379 e. The van der Waals surface area contributed by atoms with Crippen LogP contribution < -0.4 is 10.6 Å². The van der Waals surface area contributed by atoms with Crippen LogP contribution in [0.1, 0.15) is 40.5 Å². The monoisotopic (exact) mass is 244 g/mol. The van der Waals surface area contributed by atoms with Crippen LogP contribution in [0.3, 0.4) is 0 Å². The van der Waals surface area contributed by atoms with E-state index in [4.69, 9.17) is 4.74 Å². The van der Waals surface area contributed by atoms with E-state index in [0.29, 0.717) is 12.3 Å². The molecule has 0 bridgehead atoms. The van der Waals surface area contributed by atoms with Crippen LogP contribution in [0.15, 0.2) is 0 Å². The van der Waals surface area contributed by atoms with Gasteiger partial charge >= 0.3 is 0 Å². The van der Waals surface area contributed by atoms with Crippen LogP contribution >= 0.6 is 0 Å². The predicted molar refractivity (Wildman–Crippen MR) is 71.0 cm³/mol. The lowest BCUT2D eigenvalue weighted by molar-refractivity contribution is -0.121. The number of rotatable bonds is 9. The Balaban J connectivity index is 3.42. The number of methoxy groups -OCH3 is 1. The zero-order valence-corrected chi connectivity index (χ0v) is 11.9. The van der Waals surface area contributed by atoms with Gasteiger partial charge in [-0.1, -0.05) is 13.8 Å². The highest BCUT2D eigenvalue weighted by atomic mass is 16.5. The number of carbonyl (C=O) groups is 1. The van der Waals surface area contributed by atoms with Gasteiger partial charge in [-0.3, -0.25) is 4.79 Å². The van der Waals surface area contributed by atoms with Gasteiger partial charge in [0.25, 0.3) is 0 Å². The number of ether oxygens (including phenoxy) is 1. The lowest BCUT2D eigenvalue weighted by Crippen LogP contribution is -2.32. The molecule has 17 heavy (non-hydrogen) atoms. The molecule has 0 aliphatic heterocycles. The number of amides is 1. The molecule has 0 aromatic carbocycles. The minimum atomic E-state index is -0.0904. The van der Waals surface area contributed by atoms with Crippen LogP contribution in [-0.4, -0.2) is 38.3 Å². The summed E-state index contributed by atoms with van der Waals surface area (Å²) >= 11 is 0. The first-order chi connectivity index (χ1) is 7.87. The summed E-state index contributed by atoms with van der Waals surface area (Å²) in [5.74, 6) is 0.631. The van der Waals surface area contributed by atoms with Gasteiger partial charge in [-0.05, 0) is 32.7 Å². The second kappa shape index (κ2) is 8.48. The van der Waals surface area contributed by atoms with E-state index in [1.54, 1.807) is 7.11 Å². The third kappa shape index (κ3) is 10.3. The van der Waals surface area contributed by atoms with Gasteiger partial charge in [0.1, 0.15) is 0 Å². The number of carbonyl (C=O) groups excluding carboxylic acids is 1. The minimum Gasteiger partial charge on any atom is -0.379 e. The van der Waals surface area contributed by atoms with E-state index in [0.717, 1.165) is 26.1 Å². The quantitative estimate of drug-likeness (QED) is 0.605. The smallest absolute Gasteiger partial charge is 0.221 e. The van der Waals surface area contributed by atoms with E-state index in [-0.39, 0.29) is 11.5 Å². The van der Waals surface area contributed by atoms with Crippen molar-refractivity contribution in [3.63, 3.8) is 0 Å². The summed E-state index contributed by atoms with van der Waals surface area (Å²) in [6, 6.07) is 0. The first-order valence-corrected chi connectivity index (χ1v) is 6.40. The van der Waals surface area contributed by atoms with Crippen molar-refractivity contribution in [2.45, 2.75) is 46.1 Å². The van der Waals surface area contributed by atoms with Crippen molar-refractivity contribution in [1.29, 1.82) is 0 Å². The van der Waals surface area contributed by atoms with Gasteiger partial charge in [-0.15, -0.1) is 0 Å². The fourth-order valence-corrected chi connectivity index (χ4v) is 1.22. The molecule has 4 nitrogen and oxygen atoms in total. The Morgan fingerprint density at radius 1 is 1.29 bits per heavy atom. The van der Waals surface area contributed by atoms with Gasteiger partial charge in [0.05, 0.1) is 5.60 Å². The second-order valence-corrected chi connectivity index (χ2v) is 5.41. The van der Waals surface area contributed by atoms with Crippen LogP contribution in [0.25, 0.3) is 0 Å². The normalized spacial score (nSPS) is 11.9. The molecular weight excluding hydrogens is 216 g/mol. The van der Waals surface area contributed by atoms with Crippen molar-refractivity contribution >= 4 is 5.91 Å². The van der Waals surface area contributed by atoms with Crippen LogP contribution in [0.4, 0.5) is 0 Å². The molecule has 0 atom stereocenters. The van der Waals surface area contributed by atoms with E-state index >= 15 is 0 Å². The molecule has 0 heterocycles. The van der Waals surface area contributed by atoms with Crippen LogP contribution in [-0.2, 0) is 9.53 Å². The molecule has 0 saturated heterocycles. The zero-order chi connectivity index (χ0) is 13.3. The summed E-state index contributed by atoms with van der Waals surface area (Å²) < 4.78 is 5.31. The van der Waals surface area contributed by atoms with E-state index in [2.05, 4.69) is 38.3 Å². The maximum atomic E-state index is 11.4. The summed E-state index contributed by atoms with van der Waals surface area (Å²) in [5, 5.41) is 6.15. The highest BCUT2D eigenvalue weighted by Crippen LogP contribution is 2.11. The van der Waals surface area contributed by atoms with Crippen molar-refractivity contribution in [2.24, 2.45) is 5.92 Å². The molecule has 0 aromatic heterocycles. The van der Waals surface area contributed by atoms with Gasteiger partial charge in [0.2, 0.25) is 5.91 Å². The average Bonchev–Trinajstić information content (AvgIpc) is 2.25. The molecule has 0 unspecified atom stereocenters. The van der Waals surface area contributed by atoms with Gasteiger partial charge in [0, 0.05) is 26.6 Å². The number of nitrogens with one attached hydrogen (secondary N) is 2. The third-order valence-corrected chi connectivity index (χ3v) is 2.69. The molecule has 102 valence electrons. The van der Waals surface area contributed by atoms with Gasteiger partial charge in [-0.25, -0.2) is 0 Å². The summed E-state index contributed by atoms with van der Waals surface area (Å²) in [4.78, 5) is 11.4. The molecule has 1 amide bonds. The summed E-state index contributed by atoms with van der Waals surface area (Å²) in [7, 11) is 1.72. The topological polar surface area (TPSA) is 50.4 Å². The van der Waals surface area contributed by atoms with Crippen molar-refractivity contribution in [2.75, 3.05) is 26.7 Å². The molecular formula is C13H28N2O2. The van der Waals surface area contributed by atoms with Crippen molar-refractivity contribution in [1.82, 2.24) is 10.6 Å². The summed E-state index contributed by atoms with van der Waals surface area (Å²) in [5.41, 5.74) is -0.0904. The molecule has 0 spiro atoms. The van der Waals surface area contributed by atoms with Crippen LogP contribution in [0, 0.1) is 5.92 Å². The molecule has 0 saturated carbocycles. The Morgan fingerprint density at radius 2 is 1.94 bits per heavy atom. The Hall–Kier alpha value is -0.610. The molecule has 0 rings (SSSR count). The Kier molecular flexibility index (Phi) is 8.17. The Morgan fingerprint density at radius 3 is 2.47 bits per heavy atom. The van der Waals surface area contributed by atoms with Gasteiger partial charge < -0.3 is 15.4 Å². The van der Waals surface area contributed by atoms with Crippen molar-refractivity contribution in [3.8, 4) is 0 Å². The second-order valence-electron chi connectivity index (χ2n) is 5.41. The molecule has 0 fully saturated rings. The lowest BCUT2D eigenvalue weighted by Gasteiger charge is -2.22. The highest BCUT2D eigenvalue weighted by Gasteiger charge is 2.14. The zero-order valence-electron chi connectivity index (χ0n) is 11.9. The SMILES string of the molecule is COC(C)(C)CCNCCC(=O)NCC(C)C. The maximum absolute atomic E-state index is 11.4. The highest BCUT2D eigenvalue weighted by molar-refractivity contribution is 5.76.